The van der Waals surface area contributed by atoms with Gasteiger partial charge in [0.2, 0.25) is 5.91 Å². The molecule has 2 aromatic heterocycles. The highest BCUT2D eigenvalue weighted by molar-refractivity contribution is 7.07. The second-order valence-electron chi connectivity index (χ2n) is 7.24. The van der Waals surface area contributed by atoms with Crippen LogP contribution >= 0.6 is 11.3 Å². The van der Waals surface area contributed by atoms with Crippen molar-refractivity contribution in [3.05, 3.63) is 64.1 Å². The topological polar surface area (TPSA) is 98.7 Å². The van der Waals surface area contributed by atoms with Gasteiger partial charge < -0.3 is 11.1 Å². The van der Waals surface area contributed by atoms with Crippen LogP contribution in [0.5, 0.6) is 0 Å². The predicted molar refractivity (Wildman–Crippen MR) is 107 cm³/mol. The average Bonchev–Trinajstić information content (AvgIpc) is 3.18. The third-order valence-electron chi connectivity index (χ3n) is 4.79. The van der Waals surface area contributed by atoms with Gasteiger partial charge in [-0.1, -0.05) is 30.3 Å². The van der Waals surface area contributed by atoms with Crippen molar-refractivity contribution in [2.45, 2.75) is 44.8 Å². The van der Waals surface area contributed by atoms with Crippen LogP contribution in [0.15, 0.2) is 41.2 Å². The Hall–Kier alpha value is -2.58. The van der Waals surface area contributed by atoms with Crippen LogP contribution in [-0.2, 0) is 30.7 Å². The molecule has 28 heavy (non-hydrogen) atoms. The molecule has 8 heteroatoms. The van der Waals surface area contributed by atoms with E-state index in [1.54, 1.807) is 10.2 Å². The minimum Gasteiger partial charge on any atom is -0.349 e. The van der Waals surface area contributed by atoms with Crippen molar-refractivity contribution in [2.75, 3.05) is 0 Å². The predicted octanol–water partition coefficient (Wildman–Crippen LogP) is 2.25. The molecule has 0 aliphatic heterocycles. The van der Waals surface area contributed by atoms with Crippen molar-refractivity contribution in [3.8, 4) is 0 Å². The van der Waals surface area contributed by atoms with Gasteiger partial charge in [0.1, 0.15) is 12.4 Å². The van der Waals surface area contributed by atoms with Crippen molar-refractivity contribution in [1.29, 1.82) is 0 Å². The Balaban J connectivity index is 1.45. The molecular weight excluding hydrogens is 372 g/mol. The molecule has 7 nitrogen and oxygen atoms in total. The summed E-state index contributed by atoms with van der Waals surface area (Å²) >= 11 is 1.51. The Morgan fingerprint density at radius 1 is 1.32 bits per heavy atom. The Morgan fingerprint density at radius 3 is 2.86 bits per heavy atom. The summed E-state index contributed by atoms with van der Waals surface area (Å²) in [4.78, 5) is 21.3. The van der Waals surface area contributed by atoms with Crippen LogP contribution in [0.3, 0.4) is 0 Å². The van der Waals surface area contributed by atoms with E-state index in [2.05, 4.69) is 20.4 Å². The zero-order valence-electron chi connectivity index (χ0n) is 15.6. The minimum absolute atomic E-state index is 0.111. The molecule has 1 aliphatic carbocycles. The Kier molecular flexibility index (Phi) is 5.78. The minimum atomic E-state index is -0.311. The Morgan fingerprint density at radius 2 is 2.14 bits per heavy atom. The van der Waals surface area contributed by atoms with Crippen molar-refractivity contribution in [2.24, 2.45) is 11.7 Å². The summed E-state index contributed by atoms with van der Waals surface area (Å²) in [5.41, 5.74) is 10.2. The maximum atomic E-state index is 12.4. The van der Waals surface area contributed by atoms with E-state index < -0.39 is 0 Å². The molecule has 1 saturated carbocycles. The molecule has 1 fully saturated rings. The van der Waals surface area contributed by atoms with Gasteiger partial charge >= 0.3 is 0 Å². The Bertz CT molecular complexity index is 904. The molecule has 4 rings (SSSR count). The lowest BCUT2D eigenvalue weighted by Crippen LogP contribution is -2.30. The number of nitrogens with two attached hydrogens (primary N) is 1. The number of rotatable bonds is 9. The van der Waals surface area contributed by atoms with Gasteiger partial charge in [-0.05, 0) is 30.7 Å². The monoisotopic (exact) mass is 396 g/mol. The van der Waals surface area contributed by atoms with Gasteiger partial charge in [0, 0.05) is 11.8 Å². The number of aromatic nitrogens is 4. The highest BCUT2D eigenvalue weighted by atomic mass is 32.1. The number of carbonyl (C=O) groups excluding carboxylic acids is 1. The molecule has 146 valence electrons. The second kappa shape index (κ2) is 8.62. The lowest BCUT2D eigenvalue weighted by molar-refractivity contribution is -0.122. The third kappa shape index (κ3) is 5.02. The zero-order valence-corrected chi connectivity index (χ0v) is 16.4. The van der Waals surface area contributed by atoms with Crippen LogP contribution in [0.4, 0.5) is 0 Å². The molecule has 1 amide bonds. The second-order valence-corrected chi connectivity index (χ2v) is 7.96. The van der Waals surface area contributed by atoms with Crippen LogP contribution in [0.25, 0.3) is 0 Å². The number of hydrogen-bond acceptors (Lipinski definition) is 6. The maximum absolute atomic E-state index is 12.4. The van der Waals surface area contributed by atoms with Gasteiger partial charge in [0.25, 0.3) is 0 Å². The first-order valence-electron chi connectivity index (χ1n) is 9.54. The molecule has 3 aromatic rings. The van der Waals surface area contributed by atoms with E-state index in [9.17, 15) is 4.79 Å². The van der Waals surface area contributed by atoms with Gasteiger partial charge in [-0.3, -0.25) is 4.79 Å². The summed E-state index contributed by atoms with van der Waals surface area (Å²) in [7, 11) is 0. The maximum Gasteiger partial charge on any atom is 0.242 e. The fourth-order valence-electron chi connectivity index (χ4n) is 3.13. The number of nitrogens with one attached hydrogen (secondary N) is 1. The normalized spacial score (nSPS) is 14.8. The first kappa shape index (κ1) is 18.8. The molecule has 0 radical (unpaired) electrons. The van der Waals surface area contributed by atoms with Gasteiger partial charge in [0.15, 0.2) is 5.82 Å². The molecular formula is C20H24N6OS. The van der Waals surface area contributed by atoms with Crippen LogP contribution in [0.1, 0.15) is 41.8 Å². The van der Waals surface area contributed by atoms with Crippen molar-refractivity contribution in [3.63, 3.8) is 0 Å². The van der Waals surface area contributed by atoms with Gasteiger partial charge in [0.05, 0.1) is 23.8 Å². The SMILES string of the molecule is N[C@H](Cc1ccccc1)c1nc(CC2CC2)nn1CC(=O)NCc1cscn1. The molecule has 1 aliphatic rings. The molecule has 0 saturated heterocycles. The van der Waals surface area contributed by atoms with Crippen LogP contribution in [0.2, 0.25) is 0 Å². The lowest BCUT2D eigenvalue weighted by atomic mass is 10.1. The van der Waals surface area contributed by atoms with E-state index >= 15 is 0 Å². The summed E-state index contributed by atoms with van der Waals surface area (Å²) in [6, 6.07) is 9.76. The van der Waals surface area contributed by atoms with Gasteiger partial charge in [-0.2, -0.15) is 5.10 Å². The molecule has 1 aromatic carbocycles. The first-order valence-corrected chi connectivity index (χ1v) is 10.5. The van der Waals surface area contributed by atoms with Crippen molar-refractivity contribution >= 4 is 17.2 Å². The van der Waals surface area contributed by atoms with Gasteiger partial charge in [-0.15, -0.1) is 11.3 Å². The summed E-state index contributed by atoms with van der Waals surface area (Å²) in [6.45, 7) is 0.525. The summed E-state index contributed by atoms with van der Waals surface area (Å²) in [5, 5.41) is 9.40. The summed E-state index contributed by atoms with van der Waals surface area (Å²) < 4.78 is 1.67. The number of nitrogens with zero attached hydrogens (tertiary/aromatic N) is 4. The van der Waals surface area contributed by atoms with Crippen LogP contribution in [0, 0.1) is 5.92 Å². The molecule has 0 spiro atoms. The number of hydrogen-bond donors (Lipinski definition) is 2. The lowest BCUT2D eigenvalue weighted by Gasteiger charge is -2.13. The fourth-order valence-corrected chi connectivity index (χ4v) is 3.68. The molecule has 0 unspecified atom stereocenters. The van der Waals surface area contributed by atoms with E-state index in [1.165, 1.54) is 24.2 Å². The van der Waals surface area contributed by atoms with Crippen molar-refractivity contribution in [1.82, 2.24) is 25.1 Å². The number of benzene rings is 1. The average molecular weight is 397 g/mol. The van der Waals surface area contributed by atoms with E-state index in [0.29, 0.717) is 24.7 Å². The summed E-state index contributed by atoms with van der Waals surface area (Å²) in [5.74, 6) is 2.01. The molecule has 2 heterocycles. The third-order valence-corrected chi connectivity index (χ3v) is 5.42. The summed E-state index contributed by atoms with van der Waals surface area (Å²) in [6.07, 6.45) is 3.98. The van der Waals surface area contributed by atoms with Gasteiger partial charge in [-0.25, -0.2) is 14.6 Å². The molecule has 1 atom stereocenters. The van der Waals surface area contributed by atoms with E-state index in [1.807, 2.05) is 35.7 Å². The number of carbonyl (C=O) groups is 1. The fraction of sp³-hybridized carbons (Fsp3) is 0.400. The number of amides is 1. The molecule has 0 bridgehead atoms. The number of thiazole rings is 1. The molecule has 3 N–H and O–H groups in total. The smallest absolute Gasteiger partial charge is 0.242 e. The highest BCUT2D eigenvalue weighted by Crippen LogP contribution is 2.32. The van der Waals surface area contributed by atoms with E-state index in [0.717, 1.165) is 23.5 Å². The zero-order chi connectivity index (χ0) is 19.3. The largest absolute Gasteiger partial charge is 0.349 e. The Labute approximate surface area is 168 Å². The van der Waals surface area contributed by atoms with Crippen LogP contribution in [-0.4, -0.2) is 25.7 Å². The van der Waals surface area contributed by atoms with E-state index in [-0.39, 0.29) is 18.5 Å². The quantitative estimate of drug-likeness (QED) is 0.578. The highest BCUT2D eigenvalue weighted by Gasteiger charge is 2.26. The standard InChI is InChI=1S/C20H24N6OS/c21-17(8-14-4-2-1-3-5-14)20-24-18(9-15-6-7-15)25-26(20)11-19(27)22-10-16-12-28-13-23-16/h1-5,12-13,15,17H,6-11,21H2,(H,22,27)/t17-/m1/s1. The van der Waals surface area contributed by atoms with E-state index in [4.69, 9.17) is 5.73 Å². The van der Waals surface area contributed by atoms with Crippen molar-refractivity contribution < 1.29 is 4.79 Å². The van der Waals surface area contributed by atoms with Crippen LogP contribution < -0.4 is 11.1 Å². The first-order chi connectivity index (χ1) is 13.7.